The van der Waals surface area contributed by atoms with Gasteiger partial charge in [0.1, 0.15) is 6.33 Å². The van der Waals surface area contributed by atoms with E-state index in [2.05, 4.69) is 15.1 Å². The topological polar surface area (TPSA) is 106 Å². The Hall–Kier alpha value is -2.55. The average Bonchev–Trinajstić information content (AvgIpc) is 2.94. The molecule has 0 radical (unpaired) electrons. The molecule has 18 heavy (non-hydrogen) atoms. The third-order valence-electron chi connectivity index (χ3n) is 2.32. The van der Waals surface area contributed by atoms with E-state index in [1.54, 1.807) is 6.07 Å². The minimum absolute atomic E-state index is 0.0441. The van der Waals surface area contributed by atoms with Gasteiger partial charge in [-0.3, -0.25) is 10.1 Å². The van der Waals surface area contributed by atoms with E-state index in [1.807, 2.05) is 0 Å². The number of thiophene rings is 1. The van der Waals surface area contributed by atoms with Crippen LogP contribution in [0.1, 0.15) is 0 Å². The quantitative estimate of drug-likeness (QED) is 0.554. The first-order valence-electron chi connectivity index (χ1n) is 4.79. The smallest absolute Gasteiger partial charge is 0.324 e. The van der Waals surface area contributed by atoms with Crippen LogP contribution in [0.5, 0.6) is 6.01 Å². The Morgan fingerprint density at radius 1 is 1.39 bits per heavy atom. The number of nitrogens with zero attached hydrogens (tertiary/aromatic N) is 5. The predicted octanol–water partition coefficient (Wildman–Crippen LogP) is 1.47. The van der Waals surface area contributed by atoms with Crippen molar-refractivity contribution in [1.82, 2.24) is 19.6 Å². The summed E-state index contributed by atoms with van der Waals surface area (Å²) in [5.74, 6) is 0. The summed E-state index contributed by atoms with van der Waals surface area (Å²) in [5.41, 5.74) is 1.02. The molecule has 0 aliphatic heterocycles. The third kappa shape index (κ3) is 1.49. The number of nitro groups is 1. The molecule has 90 valence electrons. The van der Waals surface area contributed by atoms with Crippen LogP contribution in [0.25, 0.3) is 16.1 Å². The summed E-state index contributed by atoms with van der Waals surface area (Å²) in [7, 11) is 0. The van der Waals surface area contributed by atoms with Crippen LogP contribution in [0.15, 0.2) is 24.7 Å². The Morgan fingerprint density at radius 3 is 2.94 bits per heavy atom. The predicted molar refractivity (Wildman–Crippen MR) is 62.4 cm³/mol. The normalized spacial score (nSPS) is 10.9. The lowest BCUT2D eigenvalue weighted by Crippen LogP contribution is -1.93. The van der Waals surface area contributed by atoms with Gasteiger partial charge in [0.15, 0.2) is 5.65 Å². The van der Waals surface area contributed by atoms with Crippen molar-refractivity contribution in [2.45, 2.75) is 0 Å². The molecular formula is C9H5N5O3S. The SMILES string of the molecule is O=[N+]([O-])c1ccc(-c2cnn3c(O)ncnc23)s1. The first-order valence-corrected chi connectivity index (χ1v) is 5.61. The number of hydrogen-bond acceptors (Lipinski definition) is 7. The van der Waals surface area contributed by atoms with Crippen molar-refractivity contribution >= 4 is 22.0 Å². The van der Waals surface area contributed by atoms with Crippen LogP contribution in [0, 0.1) is 10.1 Å². The van der Waals surface area contributed by atoms with Crippen LogP contribution in [0.4, 0.5) is 5.00 Å². The Bertz CT molecular complexity index is 750. The fraction of sp³-hybridized carbons (Fsp3) is 0. The van der Waals surface area contributed by atoms with Gasteiger partial charge in [0.25, 0.3) is 0 Å². The van der Waals surface area contributed by atoms with Crippen molar-refractivity contribution in [1.29, 1.82) is 0 Å². The monoisotopic (exact) mass is 263 g/mol. The highest BCUT2D eigenvalue weighted by atomic mass is 32.1. The molecule has 0 fully saturated rings. The van der Waals surface area contributed by atoms with E-state index in [9.17, 15) is 15.2 Å². The van der Waals surface area contributed by atoms with Gasteiger partial charge < -0.3 is 5.11 Å². The maximum absolute atomic E-state index is 10.6. The van der Waals surface area contributed by atoms with Crippen molar-refractivity contribution < 1.29 is 10.0 Å². The molecule has 3 heterocycles. The lowest BCUT2D eigenvalue weighted by Gasteiger charge is -1.95. The van der Waals surface area contributed by atoms with Gasteiger partial charge in [0, 0.05) is 10.9 Å². The minimum Gasteiger partial charge on any atom is -0.479 e. The highest BCUT2D eigenvalue weighted by molar-refractivity contribution is 7.18. The van der Waals surface area contributed by atoms with Crippen LogP contribution in [-0.4, -0.2) is 29.6 Å². The van der Waals surface area contributed by atoms with Crippen LogP contribution in [0.3, 0.4) is 0 Å². The Labute approximate surface area is 103 Å². The summed E-state index contributed by atoms with van der Waals surface area (Å²) in [4.78, 5) is 18.4. The van der Waals surface area contributed by atoms with E-state index in [0.717, 1.165) is 11.3 Å². The van der Waals surface area contributed by atoms with Crippen molar-refractivity contribution in [2.75, 3.05) is 0 Å². The van der Waals surface area contributed by atoms with Gasteiger partial charge in [-0.1, -0.05) is 11.3 Å². The second-order valence-corrected chi connectivity index (χ2v) is 4.42. The van der Waals surface area contributed by atoms with Gasteiger partial charge in [-0.15, -0.1) is 0 Å². The zero-order valence-corrected chi connectivity index (χ0v) is 9.53. The molecule has 1 N–H and O–H groups in total. The molecule has 3 rings (SSSR count). The van der Waals surface area contributed by atoms with Crippen LogP contribution in [0.2, 0.25) is 0 Å². The maximum atomic E-state index is 10.6. The molecule has 3 aromatic rings. The summed E-state index contributed by atoms with van der Waals surface area (Å²) in [6, 6.07) is 2.76. The molecule has 9 heteroatoms. The molecular weight excluding hydrogens is 258 g/mol. The van der Waals surface area contributed by atoms with Gasteiger partial charge in [-0.25, -0.2) is 4.98 Å². The molecule has 0 unspecified atom stereocenters. The van der Waals surface area contributed by atoms with E-state index >= 15 is 0 Å². The maximum Gasteiger partial charge on any atom is 0.324 e. The minimum atomic E-state index is -0.452. The van der Waals surface area contributed by atoms with Gasteiger partial charge in [-0.2, -0.15) is 14.6 Å². The van der Waals surface area contributed by atoms with Crippen molar-refractivity contribution in [3.63, 3.8) is 0 Å². The van der Waals surface area contributed by atoms with Crippen molar-refractivity contribution in [3.8, 4) is 16.5 Å². The van der Waals surface area contributed by atoms with Gasteiger partial charge >= 0.3 is 11.0 Å². The highest BCUT2D eigenvalue weighted by Crippen LogP contribution is 2.34. The molecule has 8 nitrogen and oxygen atoms in total. The number of fused-ring (bicyclic) bond motifs is 1. The first-order chi connectivity index (χ1) is 8.66. The zero-order valence-electron chi connectivity index (χ0n) is 8.72. The standard InChI is InChI=1S/C9H5N5O3S/c15-9-11-4-10-8-5(3-12-13(8)9)6-1-2-7(18-6)14(16)17/h1-4H,(H,10,11,15). The molecule has 0 saturated carbocycles. The van der Waals surface area contributed by atoms with Gasteiger partial charge in [-0.05, 0) is 6.07 Å². The summed E-state index contributed by atoms with van der Waals surface area (Å²) >= 11 is 1.02. The van der Waals surface area contributed by atoms with Gasteiger partial charge in [0.2, 0.25) is 0 Å². The van der Waals surface area contributed by atoms with E-state index in [4.69, 9.17) is 0 Å². The van der Waals surface area contributed by atoms with Crippen LogP contribution in [-0.2, 0) is 0 Å². The summed E-state index contributed by atoms with van der Waals surface area (Å²) in [5, 5.41) is 24.1. The van der Waals surface area contributed by atoms with Crippen LogP contribution >= 0.6 is 11.3 Å². The number of aromatic hydroxyl groups is 1. The summed E-state index contributed by atoms with van der Waals surface area (Å²) < 4.78 is 1.17. The van der Waals surface area contributed by atoms with E-state index in [-0.39, 0.29) is 11.0 Å². The fourth-order valence-electron chi connectivity index (χ4n) is 1.55. The Kier molecular flexibility index (Phi) is 2.20. The molecule has 0 saturated heterocycles. The lowest BCUT2D eigenvalue weighted by atomic mass is 10.3. The zero-order chi connectivity index (χ0) is 12.7. The van der Waals surface area contributed by atoms with E-state index in [1.165, 1.54) is 23.1 Å². The van der Waals surface area contributed by atoms with Crippen LogP contribution < -0.4 is 0 Å². The fourth-order valence-corrected chi connectivity index (χ4v) is 2.37. The molecule has 0 aliphatic rings. The summed E-state index contributed by atoms with van der Waals surface area (Å²) in [6.07, 6.45) is 2.69. The number of hydrogen-bond donors (Lipinski definition) is 1. The Morgan fingerprint density at radius 2 is 2.22 bits per heavy atom. The molecule has 3 aromatic heterocycles. The van der Waals surface area contributed by atoms with E-state index in [0.29, 0.717) is 16.1 Å². The van der Waals surface area contributed by atoms with Crippen molar-refractivity contribution in [2.24, 2.45) is 0 Å². The summed E-state index contributed by atoms with van der Waals surface area (Å²) in [6.45, 7) is 0. The molecule has 0 amide bonds. The number of aromatic nitrogens is 4. The molecule has 0 atom stereocenters. The second-order valence-electron chi connectivity index (χ2n) is 3.36. The average molecular weight is 263 g/mol. The number of rotatable bonds is 2. The van der Waals surface area contributed by atoms with Gasteiger partial charge in [0.05, 0.1) is 16.7 Å². The Balaban J connectivity index is 2.19. The molecule has 0 aromatic carbocycles. The molecule has 0 bridgehead atoms. The largest absolute Gasteiger partial charge is 0.479 e. The van der Waals surface area contributed by atoms with Crippen molar-refractivity contribution in [3.05, 3.63) is 34.8 Å². The lowest BCUT2D eigenvalue weighted by molar-refractivity contribution is -0.380. The third-order valence-corrected chi connectivity index (χ3v) is 3.39. The molecule has 0 spiro atoms. The first kappa shape index (κ1) is 10.6. The highest BCUT2D eigenvalue weighted by Gasteiger charge is 2.16. The van der Waals surface area contributed by atoms with E-state index < -0.39 is 4.92 Å². The second kappa shape index (κ2) is 3.74. The molecule has 0 aliphatic carbocycles.